The number of aromatic carboxylic acids is 1. The predicted octanol–water partition coefficient (Wildman–Crippen LogP) is 1.36. The number of benzene rings is 1. The highest BCUT2D eigenvalue weighted by molar-refractivity contribution is 7.88. The molecule has 2 rings (SSSR count). The Balaban J connectivity index is 1.96. The molecule has 122 valence electrons. The van der Waals surface area contributed by atoms with Crippen LogP contribution in [0.4, 0.5) is 0 Å². The van der Waals surface area contributed by atoms with Crippen LogP contribution < -0.4 is 4.72 Å². The molecule has 2 atom stereocenters. The zero-order valence-corrected chi connectivity index (χ0v) is 13.1. The maximum atomic E-state index is 12.1. The number of sulfonamides is 1. The second-order valence-corrected chi connectivity index (χ2v) is 7.53. The molecule has 1 aliphatic carbocycles. The Hall–Kier alpha value is -1.44. The summed E-state index contributed by atoms with van der Waals surface area (Å²) in [5, 5.41) is 18.8. The monoisotopic (exact) mass is 327 g/mol. The number of aliphatic hydroxyl groups is 1. The zero-order chi connectivity index (χ0) is 16.2. The van der Waals surface area contributed by atoms with Gasteiger partial charge < -0.3 is 10.2 Å². The van der Waals surface area contributed by atoms with Gasteiger partial charge in [0.1, 0.15) is 0 Å². The third kappa shape index (κ3) is 4.79. The van der Waals surface area contributed by atoms with Gasteiger partial charge in [0.2, 0.25) is 10.0 Å². The maximum Gasteiger partial charge on any atom is 0.335 e. The highest BCUT2D eigenvalue weighted by Crippen LogP contribution is 2.23. The van der Waals surface area contributed by atoms with Crippen LogP contribution in [0.5, 0.6) is 0 Å². The highest BCUT2D eigenvalue weighted by Gasteiger charge is 2.24. The van der Waals surface area contributed by atoms with Crippen LogP contribution in [0.3, 0.4) is 0 Å². The SMILES string of the molecule is O=C(O)c1cccc(CS(=O)(=O)NCC2CCCCC2O)c1. The summed E-state index contributed by atoms with van der Waals surface area (Å²) in [7, 11) is -3.55. The zero-order valence-electron chi connectivity index (χ0n) is 12.2. The van der Waals surface area contributed by atoms with Gasteiger partial charge in [0.25, 0.3) is 0 Å². The van der Waals surface area contributed by atoms with Crippen molar-refractivity contribution in [1.82, 2.24) is 4.72 Å². The number of carbonyl (C=O) groups is 1. The molecular weight excluding hydrogens is 306 g/mol. The molecule has 0 saturated heterocycles. The minimum Gasteiger partial charge on any atom is -0.478 e. The lowest BCUT2D eigenvalue weighted by atomic mass is 9.87. The van der Waals surface area contributed by atoms with Crippen LogP contribution in [0.2, 0.25) is 0 Å². The van der Waals surface area contributed by atoms with Crippen LogP contribution >= 0.6 is 0 Å². The van der Waals surface area contributed by atoms with Gasteiger partial charge in [-0.05, 0) is 36.5 Å². The van der Waals surface area contributed by atoms with Crippen LogP contribution in [0.15, 0.2) is 24.3 Å². The number of hydrogen-bond donors (Lipinski definition) is 3. The molecule has 7 heteroatoms. The van der Waals surface area contributed by atoms with Crippen molar-refractivity contribution >= 4 is 16.0 Å². The maximum absolute atomic E-state index is 12.1. The van der Waals surface area contributed by atoms with Crippen molar-refractivity contribution in [2.45, 2.75) is 37.5 Å². The third-order valence-corrected chi connectivity index (χ3v) is 5.28. The fraction of sp³-hybridized carbons (Fsp3) is 0.533. The predicted molar refractivity (Wildman–Crippen MR) is 82.0 cm³/mol. The van der Waals surface area contributed by atoms with Crippen LogP contribution in [-0.4, -0.2) is 37.2 Å². The Morgan fingerprint density at radius 2 is 2.00 bits per heavy atom. The van der Waals surface area contributed by atoms with Crippen molar-refractivity contribution < 1.29 is 23.4 Å². The minimum absolute atomic E-state index is 0.0473. The second kappa shape index (κ2) is 7.21. The van der Waals surface area contributed by atoms with Crippen LogP contribution in [0.1, 0.15) is 41.6 Å². The van der Waals surface area contributed by atoms with E-state index in [9.17, 15) is 18.3 Å². The molecule has 2 unspecified atom stereocenters. The highest BCUT2D eigenvalue weighted by atomic mass is 32.2. The first-order valence-electron chi connectivity index (χ1n) is 7.35. The molecule has 0 amide bonds. The topological polar surface area (TPSA) is 104 Å². The minimum atomic E-state index is -3.55. The van der Waals surface area contributed by atoms with E-state index >= 15 is 0 Å². The molecule has 0 spiro atoms. The lowest BCUT2D eigenvalue weighted by Gasteiger charge is -2.27. The molecule has 0 radical (unpaired) electrons. The summed E-state index contributed by atoms with van der Waals surface area (Å²) >= 11 is 0. The average molecular weight is 327 g/mol. The number of carboxylic acids is 1. The van der Waals surface area contributed by atoms with E-state index in [-0.39, 0.29) is 23.8 Å². The molecular formula is C15H21NO5S. The quantitative estimate of drug-likeness (QED) is 0.732. The molecule has 1 fully saturated rings. The number of rotatable bonds is 6. The lowest BCUT2D eigenvalue weighted by Crippen LogP contribution is -2.37. The van der Waals surface area contributed by atoms with Crippen molar-refractivity contribution in [3.63, 3.8) is 0 Å². The lowest BCUT2D eigenvalue weighted by molar-refractivity contribution is 0.0695. The molecule has 22 heavy (non-hydrogen) atoms. The number of carboxylic acid groups (broad SMARTS) is 1. The first kappa shape index (κ1) is 16.9. The van der Waals surface area contributed by atoms with Gasteiger partial charge >= 0.3 is 5.97 Å². The molecule has 0 aromatic heterocycles. The molecule has 1 aromatic carbocycles. The largest absolute Gasteiger partial charge is 0.478 e. The summed E-state index contributed by atoms with van der Waals surface area (Å²) in [5.41, 5.74) is 0.493. The van der Waals surface area contributed by atoms with Gasteiger partial charge in [0, 0.05) is 6.54 Å². The Morgan fingerprint density at radius 1 is 1.27 bits per heavy atom. The molecule has 1 aromatic rings. The molecule has 0 heterocycles. The van der Waals surface area contributed by atoms with Crippen molar-refractivity contribution in [3.8, 4) is 0 Å². The Morgan fingerprint density at radius 3 is 2.68 bits per heavy atom. The fourth-order valence-electron chi connectivity index (χ4n) is 2.72. The second-order valence-electron chi connectivity index (χ2n) is 5.72. The summed E-state index contributed by atoms with van der Waals surface area (Å²) in [5.74, 6) is -1.40. The van der Waals surface area contributed by atoms with Crippen molar-refractivity contribution in [2.24, 2.45) is 5.92 Å². The average Bonchev–Trinajstić information content (AvgIpc) is 2.46. The normalized spacial score (nSPS) is 22.4. The Kier molecular flexibility index (Phi) is 5.55. The van der Waals surface area contributed by atoms with E-state index in [1.54, 1.807) is 6.07 Å². The van der Waals surface area contributed by atoms with Gasteiger partial charge in [-0.3, -0.25) is 0 Å². The molecule has 0 aliphatic heterocycles. The number of hydrogen-bond acceptors (Lipinski definition) is 4. The summed E-state index contributed by atoms with van der Waals surface area (Å²) in [6, 6.07) is 5.89. The van der Waals surface area contributed by atoms with E-state index in [0.29, 0.717) is 12.0 Å². The molecule has 3 N–H and O–H groups in total. The molecule has 6 nitrogen and oxygen atoms in total. The Bertz CT molecular complexity index is 629. The summed E-state index contributed by atoms with van der Waals surface area (Å²) in [6.45, 7) is 0.224. The van der Waals surface area contributed by atoms with E-state index < -0.39 is 22.1 Å². The van der Waals surface area contributed by atoms with Gasteiger partial charge in [0.05, 0.1) is 17.4 Å². The van der Waals surface area contributed by atoms with Gasteiger partial charge in [-0.1, -0.05) is 25.0 Å². The van der Waals surface area contributed by atoms with E-state index in [4.69, 9.17) is 5.11 Å². The number of aliphatic hydroxyl groups excluding tert-OH is 1. The third-order valence-electron chi connectivity index (χ3n) is 3.97. The Labute approximate surface area is 130 Å². The molecule has 0 bridgehead atoms. The summed E-state index contributed by atoms with van der Waals surface area (Å²) in [6.07, 6.45) is 3.06. The standard InChI is InChI=1S/C15H21NO5S/c17-14-7-2-1-5-13(14)9-16-22(20,21)10-11-4-3-6-12(8-11)15(18)19/h3-4,6,8,13-14,16-17H,1-2,5,7,9-10H2,(H,18,19). The van der Waals surface area contributed by atoms with E-state index in [1.807, 2.05) is 0 Å². The van der Waals surface area contributed by atoms with Crippen LogP contribution in [0.25, 0.3) is 0 Å². The van der Waals surface area contributed by atoms with Gasteiger partial charge in [-0.2, -0.15) is 0 Å². The van der Waals surface area contributed by atoms with Crippen molar-refractivity contribution in [2.75, 3.05) is 6.54 Å². The fourth-order valence-corrected chi connectivity index (χ4v) is 3.91. The first-order chi connectivity index (χ1) is 10.4. The van der Waals surface area contributed by atoms with Gasteiger partial charge in [-0.25, -0.2) is 17.9 Å². The van der Waals surface area contributed by atoms with E-state index in [2.05, 4.69) is 4.72 Å². The molecule has 1 saturated carbocycles. The van der Waals surface area contributed by atoms with Crippen molar-refractivity contribution in [3.05, 3.63) is 35.4 Å². The van der Waals surface area contributed by atoms with E-state index in [1.165, 1.54) is 18.2 Å². The van der Waals surface area contributed by atoms with E-state index in [0.717, 1.165) is 19.3 Å². The summed E-state index contributed by atoms with van der Waals surface area (Å²) < 4.78 is 26.7. The molecule has 1 aliphatic rings. The summed E-state index contributed by atoms with van der Waals surface area (Å²) in [4.78, 5) is 10.9. The van der Waals surface area contributed by atoms with Gasteiger partial charge in [0.15, 0.2) is 0 Å². The van der Waals surface area contributed by atoms with Crippen LogP contribution in [0, 0.1) is 5.92 Å². The smallest absolute Gasteiger partial charge is 0.335 e. The van der Waals surface area contributed by atoms with Crippen molar-refractivity contribution in [1.29, 1.82) is 0 Å². The van der Waals surface area contributed by atoms with Gasteiger partial charge in [-0.15, -0.1) is 0 Å². The van der Waals surface area contributed by atoms with Crippen LogP contribution in [-0.2, 0) is 15.8 Å². The first-order valence-corrected chi connectivity index (χ1v) is 9.00. The number of nitrogens with one attached hydrogen (secondary N) is 1.